The molecule has 1 aliphatic rings. The van der Waals surface area contributed by atoms with Crippen molar-refractivity contribution in [3.8, 4) is 0 Å². The van der Waals surface area contributed by atoms with Gasteiger partial charge in [0.1, 0.15) is 0 Å². The second-order valence-electron chi connectivity index (χ2n) is 4.70. The summed E-state index contributed by atoms with van der Waals surface area (Å²) in [5.41, 5.74) is -0.0156. The molecule has 1 aromatic heterocycles. The maximum Gasteiger partial charge on any atom is 0.328 e. The predicted molar refractivity (Wildman–Crippen MR) is 66.3 cm³/mol. The number of aromatic amines is 1. The van der Waals surface area contributed by atoms with E-state index in [9.17, 15) is 9.59 Å². The van der Waals surface area contributed by atoms with Crippen LogP contribution in [0.5, 0.6) is 0 Å². The number of aromatic nitrogens is 2. The fourth-order valence-electron chi connectivity index (χ4n) is 1.79. The van der Waals surface area contributed by atoms with E-state index >= 15 is 0 Å². The lowest BCUT2D eigenvalue weighted by Gasteiger charge is -2.06. The number of unbranched alkanes of at least 4 members (excludes halogenated alkanes) is 1. The van der Waals surface area contributed by atoms with Gasteiger partial charge in [0.25, 0.3) is 5.56 Å². The van der Waals surface area contributed by atoms with Crippen LogP contribution < -0.4 is 16.6 Å². The summed E-state index contributed by atoms with van der Waals surface area (Å²) in [4.78, 5) is 24.9. The maximum absolute atomic E-state index is 11.5. The van der Waals surface area contributed by atoms with Gasteiger partial charge in [-0.15, -0.1) is 0 Å². The average molecular weight is 237 g/mol. The summed E-state index contributed by atoms with van der Waals surface area (Å²) < 4.78 is 1.58. The first kappa shape index (κ1) is 12.1. The van der Waals surface area contributed by atoms with Gasteiger partial charge in [-0.2, -0.15) is 0 Å². The quantitative estimate of drug-likeness (QED) is 0.703. The van der Waals surface area contributed by atoms with E-state index in [1.807, 2.05) is 0 Å². The number of hydrogen-bond donors (Lipinski definition) is 2. The topological polar surface area (TPSA) is 66.9 Å². The van der Waals surface area contributed by atoms with Gasteiger partial charge in [-0.25, -0.2) is 4.79 Å². The molecular weight excluding hydrogens is 218 g/mol. The zero-order valence-corrected chi connectivity index (χ0v) is 10.2. The standard InChI is InChI=1S/C12H19N3O2/c1-9-8-15(12(17)14-11(9)16)7-3-2-6-13-10-4-5-10/h8,10,13H,2-7H2,1H3,(H,14,16,17). The molecule has 1 aliphatic carbocycles. The molecule has 0 atom stereocenters. The Labute approximate surface area is 99.9 Å². The fraction of sp³-hybridized carbons (Fsp3) is 0.667. The summed E-state index contributed by atoms with van der Waals surface area (Å²) in [5.74, 6) is 0. The van der Waals surface area contributed by atoms with Crippen molar-refractivity contribution in [3.05, 3.63) is 32.6 Å². The van der Waals surface area contributed by atoms with E-state index < -0.39 is 0 Å². The van der Waals surface area contributed by atoms with Crippen LogP contribution in [0.15, 0.2) is 15.8 Å². The van der Waals surface area contributed by atoms with E-state index in [0.29, 0.717) is 12.1 Å². The van der Waals surface area contributed by atoms with Gasteiger partial charge in [0.2, 0.25) is 0 Å². The van der Waals surface area contributed by atoms with Gasteiger partial charge >= 0.3 is 5.69 Å². The molecular formula is C12H19N3O2. The van der Waals surface area contributed by atoms with Crippen molar-refractivity contribution in [2.24, 2.45) is 0 Å². The summed E-state index contributed by atoms with van der Waals surface area (Å²) in [6.45, 7) is 3.40. The Kier molecular flexibility index (Phi) is 3.78. The first-order chi connectivity index (χ1) is 8.16. The molecule has 0 amide bonds. The van der Waals surface area contributed by atoms with Crippen molar-refractivity contribution in [2.75, 3.05) is 6.54 Å². The van der Waals surface area contributed by atoms with Gasteiger partial charge in [-0.1, -0.05) is 0 Å². The van der Waals surface area contributed by atoms with E-state index in [0.717, 1.165) is 25.4 Å². The highest BCUT2D eigenvalue weighted by Gasteiger charge is 2.19. The summed E-state index contributed by atoms with van der Waals surface area (Å²) >= 11 is 0. The first-order valence-corrected chi connectivity index (χ1v) is 6.20. The third-order valence-electron chi connectivity index (χ3n) is 3.03. The zero-order valence-electron chi connectivity index (χ0n) is 10.2. The van der Waals surface area contributed by atoms with Crippen molar-refractivity contribution >= 4 is 0 Å². The largest absolute Gasteiger partial charge is 0.328 e. The monoisotopic (exact) mass is 237 g/mol. The molecule has 0 spiro atoms. The maximum atomic E-state index is 11.5. The lowest BCUT2D eigenvalue weighted by Crippen LogP contribution is -2.31. The Hall–Kier alpha value is -1.36. The Balaban J connectivity index is 1.79. The van der Waals surface area contributed by atoms with E-state index in [2.05, 4.69) is 10.3 Å². The fourth-order valence-corrected chi connectivity index (χ4v) is 1.79. The summed E-state index contributed by atoms with van der Waals surface area (Å²) in [5, 5.41) is 3.43. The summed E-state index contributed by atoms with van der Waals surface area (Å²) in [7, 11) is 0. The van der Waals surface area contributed by atoms with Crippen molar-refractivity contribution in [2.45, 2.75) is 45.2 Å². The molecule has 0 unspecified atom stereocenters. The molecule has 0 saturated heterocycles. The van der Waals surface area contributed by atoms with Crippen LogP contribution in [-0.2, 0) is 6.54 Å². The van der Waals surface area contributed by atoms with Crippen molar-refractivity contribution in [1.82, 2.24) is 14.9 Å². The van der Waals surface area contributed by atoms with Crippen LogP contribution in [0.1, 0.15) is 31.2 Å². The van der Waals surface area contributed by atoms with Crippen LogP contribution in [0, 0.1) is 6.92 Å². The molecule has 5 nitrogen and oxygen atoms in total. The van der Waals surface area contributed by atoms with Crippen LogP contribution in [0.4, 0.5) is 0 Å². The number of nitrogens with zero attached hydrogens (tertiary/aromatic N) is 1. The lowest BCUT2D eigenvalue weighted by atomic mass is 10.3. The normalized spacial score (nSPS) is 15.1. The van der Waals surface area contributed by atoms with Gasteiger partial charge in [0.15, 0.2) is 0 Å². The SMILES string of the molecule is Cc1cn(CCCCNC2CC2)c(=O)[nH]c1=O. The molecule has 1 fully saturated rings. The van der Waals surface area contributed by atoms with Gasteiger partial charge < -0.3 is 9.88 Å². The molecule has 0 bridgehead atoms. The van der Waals surface area contributed by atoms with Gasteiger partial charge in [-0.3, -0.25) is 9.78 Å². The minimum Gasteiger partial charge on any atom is -0.314 e. The Morgan fingerprint density at radius 3 is 2.88 bits per heavy atom. The van der Waals surface area contributed by atoms with Crippen LogP contribution >= 0.6 is 0 Å². The molecule has 2 N–H and O–H groups in total. The van der Waals surface area contributed by atoms with Crippen LogP contribution in [0.2, 0.25) is 0 Å². The third-order valence-corrected chi connectivity index (χ3v) is 3.03. The lowest BCUT2D eigenvalue weighted by molar-refractivity contribution is 0.548. The molecule has 17 heavy (non-hydrogen) atoms. The van der Waals surface area contributed by atoms with E-state index in [-0.39, 0.29) is 11.2 Å². The smallest absolute Gasteiger partial charge is 0.314 e. The molecule has 0 aromatic carbocycles. The minimum absolute atomic E-state index is 0.290. The van der Waals surface area contributed by atoms with Gasteiger partial charge in [0.05, 0.1) is 0 Å². The van der Waals surface area contributed by atoms with E-state index in [4.69, 9.17) is 0 Å². The average Bonchev–Trinajstić information content (AvgIpc) is 3.08. The third kappa shape index (κ3) is 3.56. The highest BCUT2D eigenvalue weighted by Crippen LogP contribution is 2.18. The highest BCUT2D eigenvalue weighted by atomic mass is 16.2. The Morgan fingerprint density at radius 2 is 2.18 bits per heavy atom. The number of aryl methyl sites for hydroxylation is 2. The second kappa shape index (κ2) is 5.31. The van der Waals surface area contributed by atoms with Crippen LogP contribution in [-0.4, -0.2) is 22.1 Å². The zero-order chi connectivity index (χ0) is 12.3. The first-order valence-electron chi connectivity index (χ1n) is 6.20. The van der Waals surface area contributed by atoms with Crippen molar-refractivity contribution in [3.63, 3.8) is 0 Å². The van der Waals surface area contributed by atoms with Gasteiger partial charge in [0, 0.05) is 24.3 Å². The molecule has 94 valence electrons. The van der Waals surface area contributed by atoms with Crippen molar-refractivity contribution < 1.29 is 0 Å². The van der Waals surface area contributed by atoms with E-state index in [1.165, 1.54) is 12.8 Å². The Morgan fingerprint density at radius 1 is 1.41 bits per heavy atom. The van der Waals surface area contributed by atoms with Crippen LogP contribution in [0.3, 0.4) is 0 Å². The number of H-pyrrole nitrogens is 1. The van der Waals surface area contributed by atoms with Crippen molar-refractivity contribution in [1.29, 1.82) is 0 Å². The molecule has 0 aliphatic heterocycles. The highest BCUT2D eigenvalue weighted by molar-refractivity contribution is 5.00. The molecule has 5 heteroatoms. The van der Waals surface area contributed by atoms with E-state index in [1.54, 1.807) is 17.7 Å². The summed E-state index contributed by atoms with van der Waals surface area (Å²) in [6.07, 6.45) is 6.25. The molecule has 1 aromatic rings. The minimum atomic E-state index is -0.309. The number of rotatable bonds is 6. The Bertz CT molecular complexity index is 485. The molecule has 0 radical (unpaired) electrons. The number of nitrogens with one attached hydrogen (secondary N) is 2. The van der Waals surface area contributed by atoms with Gasteiger partial charge in [-0.05, 0) is 39.2 Å². The summed E-state index contributed by atoms with van der Waals surface area (Å²) in [6, 6.07) is 0.744. The second-order valence-corrected chi connectivity index (χ2v) is 4.70. The van der Waals surface area contributed by atoms with Crippen LogP contribution in [0.25, 0.3) is 0 Å². The molecule has 1 saturated carbocycles. The molecule has 2 rings (SSSR count). The molecule has 1 heterocycles. The predicted octanol–water partition coefficient (Wildman–Crippen LogP) is 0.377. The number of hydrogen-bond acceptors (Lipinski definition) is 3.